The average molecular weight is 1520 g/mol. The van der Waals surface area contributed by atoms with E-state index < -0.39 is 247 Å². The minimum atomic E-state index is -2.13. The van der Waals surface area contributed by atoms with Gasteiger partial charge in [0.05, 0.1) is 67.7 Å². The van der Waals surface area contributed by atoms with Crippen LogP contribution in [0.4, 0.5) is 0 Å². The van der Waals surface area contributed by atoms with Crippen LogP contribution in [0.15, 0.2) is 24.0 Å². The van der Waals surface area contributed by atoms with Gasteiger partial charge in [0.1, 0.15) is 85.5 Å². The number of rotatable bonds is 23. The van der Waals surface area contributed by atoms with Crippen LogP contribution in [0.2, 0.25) is 0 Å². The van der Waals surface area contributed by atoms with Crippen LogP contribution in [0.3, 0.4) is 0 Å². The molecule has 0 spiro atoms. The first-order valence-electron chi connectivity index (χ1n) is 37.5. The van der Waals surface area contributed by atoms with Crippen LogP contribution in [0, 0.1) is 62.1 Å². The smallest absolute Gasteiger partial charge is 0.335 e. The number of carbonyl (C=O) groups excluding carboxylic acids is 4. The number of carbonyl (C=O) groups is 5. The number of aliphatic hydroxyl groups is 12. The molecule has 4 saturated carbocycles. The maximum atomic E-state index is 16.5. The molecule has 0 radical (unpaired) electrons. The molecule has 37 atom stereocenters. The SMILES string of the molecule is C=C(O[C@@H]1C(C)O[C@@H](OC(=O)[C@]23CC[C@](C)(C(=O)OC)CC2C2=CCC4[C@@]5(C)CC[C@H](O[C@@H]6OC(C(=O)O)[C@@H](O)[C@H](O)C6O[C@@H]6OC(CO)[C@H](O)[C@H](O)C6O)[C@@](C)(COC(C)=O)C5CC[C@@]4(C)[C@]2(C)CC3)[C@H](O[C@@H]2OC(C)[C@H](O)C(OC(=O)[C@@H](C)CC)[C@@H]2O)C1O[C@@H]1OC(CO)[C@@H](O)[C@H](O)C1O)[C@@H](C)CC. The number of carboxylic acid groups (broad SMARTS) is 1. The first-order chi connectivity index (χ1) is 49.7. The highest BCUT2D eigenvalue weighted by Crippen LogP contribution is 2.76. The van der Waals surface area contributed by atoms with Crippen molar-refractivity contribution >= 4 is 29.8 Å². The van der Waals surface area contributed by atoms with E-state index in [-0.39, 0.29) is 62.2 Å². The number of hydrogen-bond donors (Lipinski definition) is 13. The van der Waals surface area contributed by atoms with Crippen molar-refractivity contribution in [2.45, 2.75) is 320 Å². The third kappa shape index (κ3) is 15.0. The van der Waals surface area contributed by atoms with Crippen molar-refractivity contribution in [3.05, 3.63) is 24.0 Å². The van der Waals surface area contributed by atoms with Crippen LogP contribution >= 0.6 is 0 Å². The number of hydrogen-bond acceptors (Lipinski definition) is 31. The normalized spacial score (nSPS) is 48.6. The Kier molecular flexibility index (Phi) is 25.8. The summed E-state index contributed by atoms with van der Waals surface area (Å²) in [7, 11) is 1.30. The van der Waals surface area contributed by atoms with Gasteiger partial charge in [-0.2, -0.15) is 0 Å². The van der Waals surface area contributed by atoms with Crippen LogP contribution in [-0.4, -0.2) is 283 Å². The molecule has 10 aliphatic rings. The van der Waals surface area contributed by atoms with E-state index >= 15 is 4.79 Å². The number of allylic oxidation sites excluding steroid dienone is 3. The number of aliphatic hydroxyl groups excluding tert-OH is 12. The highest BCUT2D eigenvalue weighted by molar-refractivity contribution is 5.81. The highest BCUT2D eigenvalue weighted by atomic mass is 16.8. The van der Waals surface area contributed by atoms with E-state index in [1.165, 1.54) is 21.0 Å². The number of esters is 4. The quantitative estimate of drug-likeness (QED) is 0.0221. The van der Waals surface area contributed by atoms with Gasteiger partial charge in [-0.1, -0.05) is 73.6 Å². The lowest BCUT2D eigenvalue weighted by atomic mass is 9.33. The Morgan fingerprint density at radius 1 is 0.566 bits per heavy atom. The summed E-state index contributed by atoms with van der Waals surface area (Å²) in [6.45, 7) is 24.1. The van der Waals surface area contributed by atoms with Gasteiger partial charge in [-0.15, -0.1) is 0 Å². The summed E-state index contributed by atoms with van der Waals surface area (Å²) in [6.07, 6.45) is -38.9. The number of carboxylic acids is 1. The summed E-state index contributed by atoms with van der Waals surface area (Å²) >= 11 is 0. The fourth-order valence-electron chi connectivity index (χ4n) is 19.6. The van der Waals surface area contributed by atoms with E-state index in [1.807, 2.05) is 27.7 Å². The maximum absolute atomic E-state index is 16.5. The van der Waals surface area contributed by atoms with E-state index in [2.05, 4.69) is 33.4 Å². The van der Waals surface area contributed by atoms with Gasteiger partial charge in [0.25, 0.3) is 0 Å². The second-order valence-electron chi connectivity index (χ2n) is 33.0. The third-order valence-corrected chi connectivity index (χ3v) is 26.9. The molecule has 5 heterocycles. The van der Waals surface area contributed by atoms with Gasteiger partial charge in [0.15, 0.2) is 49.6 Å². The average Bonchev–Trinajstić information content (AvgIpc) is 0.673. The summed E-state index contributed by atoms with van der Waals surface area (Å²) in [5.74, 6) is -6.19. The van der Waals surface area contributed by atoms with Gasteiger partial charge >= 0.3 is 29.8 Å². The minimum absolute atomic E-state index is 0.0931. The van der Waals surface area contributed by atoms with Crippen molar-refractivity contribution < 1.29 is 157 Å². The van der Waals surface area contributed by atoms with Crippen molar-refractivity contribution in [2.24, 2.45) is 62.1 Å². The molecule has 5 aliphatic heterocycles. The van der Waals surface area contributed by atoms with Crippen LogP contribution in [0.25, 0.3) is 0 Å². The predicted octanol–water partition coefficient (Wildman–Crippen LogP) is 0.814. The van der Waals surface area contributed by atoms with Gasteiger partial charge < -0.3 is 133 Å². The Balaban J connectivity index is 1.01. The molecule has 13 unspecified atom stereocenters. The van der Waals surface area contributed by atoms with Crippen molar-refractivity contribution in [3.63, 3.8) is 0 Å². The largest absolute Gasteiger partial charge is 0.490 e. The van der Waals surface area contributed by atoms with Crippen LogP contribution in [0.5, 0.6) is 0 Å². The Morgan fingerprint density at radius 3 is 1.72 bits per heavy atom. The summed E-state index contributed by atoms with van der Waals surface area (Å²) in [5, 5.41) is 143. The molecule has 0 aromatic rings. The molecule has 10 rings (SSSR count). The van der Waals surface area contributed by atoms with Crippen molar-refractivity contribution in [1.82, 2.24) is 0 Å². The summed E-state index contributed by atoms with van der Waals surface area (Å²) in [5.41, 5.74) is -4.71. The van der Waals surface area contributed by atoms with Gasteiger partial charge in [0.2, 0.25) is 6.29 Å². The number of aliphatic carboxylic acids is 1. The Morgan fingerprint density at radius 2 is 1.14 bits per heavy atom. The van der Waals surface area contributed by atoms with E-state index in [4.69, 9.17) is 66.3 Å². The zero-order valence-electron chi connectivity index (χ0n) is 62.9. The number of ether oxygens (including phenoxy) is 14. The maximum Gasteiger partial charge on any atom is 0.335 e. The molecule has 9 fully saturated rings. The second-order valence-corrected chi connectivity index (χ2v) is 33.0. The first kappa shape index (κ1) is 84.2. The van der Waals surface area contributed by atoms with Gasteiger partial charge in [0, 0.05) is 18.3 Å². The predicted molar refractivity (Wildman–Crippen MR) is 361 cm³/mol. The molecule has 5 aliphatic carbocycles. The molecule has 32 nitrogen and oxygen atoms in total. The monoisotopic (exact) mass is 1520 g/mol. The summed E-state index contributed by atoms with van der Waals surface area (Å²) < 4.78 is 87.4. The Hall–Kier alpha value is -4.21. The standard InChI is InChI=1S/C74H116O32/c1-15-31(3)33(5)95-54-35(7)97-66(59(58(54)104-63-52(86)48(82)46(80)40(29-76)99-63)105-64-53(87)55(44(78)34(6)96-64)101-61(90)32(4)16-2)106-68(92)74-25-23-69(9,67(91)93-14)27-38(74)37-17-18-42-70(10)21-20-43(71(11,30-94-36(8)77)41(70)19-22-73(42,13)72(37,12)24-26-74)100-65-57(50(84)49(83)56(102-65)60(88)89)103-62-51(85)47(81)45(79)39(28-75)98-62/h17,31-32,34-35,38-59,62-66,75-76,78-87H,5,15-16,18-30H2,1-4,6-14H3,(H,88,89)/t31-,32-,34?,35?,38?,39?,40?,41?,42?,43-,44-,45-,46+,47-,48-,49-,50-,51?,52?,53-,54+,55?,56?,57?,58?,59+,62-,63-,64-,65+,66-,69-,70-,71-,72+,73+,74-/m0/s1. The molecule has 0 aromatic carbocycles. The topological polar surface area (TPSA) is 478 Å². The molecule has 5 saturated heterocycles. The lowest BCUT2D eigenvalue weighted by Crippen LogP contribution is -2.68. The van der Waals surface area contributed by atoms with E-state index in [9.17, 15) is 85.6 Å². The van der Waals surface area contributed by atoms with Crippen LogP contribution in [-0.2, 0) is 90.3 Å². The molecule has 0 amide bonds. The van der Waals surface area contributed by atoms with Crippen molar-refractivity contribution in [1.29, 1.82) is 0 Å². The van der Waals surface area contributed by atoms with E-state index in [0.717, 1.165) is 5.57 Å². The van der Waals surface area contributed by atoms with Gasteiger partial charge in [-0.25, -0.2) is 4.79 Å². The lowest BCUT2D eigenvalue weighted by Gasteiger charge is -2.71. The van der Waals surface area contributed by atoms with Crippen LogP contribution in [0.1, 0.15) is 160 Å². The number of methoxy groups -OCH3 is 1. The fraction of sp³-hybridized carbons (Fsp3) is 0.878. The van der Waals surface area contributed by atoms with E-state index in [1.54, 1.807) is 20.8 Å². The number of fused-ring (bicyclic) bond motifs is 7. The molecule has 32 heteroatoms. The Bertz CT molecular complexity index is 3150. The van der Waals surface area contributed by atoms with Gasteiger partial charge in [-0.3, -0.25) is 19.2 Å². The first-order valence-corrected chi connectivity index (χ1v) is 37.5. The van der Waals surface area contributed by atoms with Crippen LogP contribution < -0.4 is 0 Å². The van der Waals surface area contributed by atoms with Gasteiger partial charge in [-0.05, 0) is 132 Å². The molecule has 13 N–H and O–H groups in total. The molecule has 0 bridgehead atoms. The van der Waals surface area contributed by atoms with E-state index in [0.29, 0.717) is 44.9 Å². The molecule has 106 heavy (non-hydrogen) atoms. The third-order valence-electron chi connectivity index (χ3n) is 26.9. The van der Waals surface area contributed by atoms with Crippen molar-refractivity contribution in [3.8, 4) is 0 Å². The fourth-order valence-corrected chi connectivity index (χ4v) is 19.6. The summed E-state index contributed by atoms with van der Waals surface area (Å²) in [6, 6.07) is 0. The van der Waals surface area contributed by atoms with Crippen molar-refractivity contribution in [2.75, 3.05) is 26.9 Å². The lowest BCUT2D eigenvalue weighted by molar-refractivity contribution is -0.386. The Labute approximate surface area is 617 Å². The zero-order valence-corrected chi connectivity index (χ0v) is 62.9. The molecule has 604 valence electrons. The molecular formula is C74H116O32. The highest BCUT2D eigenvalue weighted by Gasteiger charge is 2.72. The molecular weight excluding hydrogens is 1400 g/mol. The summed E-state index contributed by atoms with van der Waals surface area (Å²) in [4.78, 5) is 69.8. The zero-order chi connectivity index (χ0) is 78.2. The minimum Gasteiger partial charge on any atom is -0.490 e. The second kappa shape index (κ2) is 32.5. The molecule has 0 aromatic heterocycles.